The summed E-state index contributed by atoms with van der Waals surface area (Å²) in [6.07, 6.45) is 0.386. The number of carbonyl (C=O) groups is 1. The van der Waals surface area contributed by atoms with Crippen LogP contribution in [0.4, 0.5) is 5.69 Å². The average Bonchev–Trinajstić information content (AvgIpc) is 2.54. The molecule has 0 fully saturated rings. The summed E-state index contributed by atoms with van der Waals surface area (Å²) in [5, 5.41) is 2.90. The largest absolute Gasteiger partial charge is 0.497 e. The minimum Gasteiger partial charge on any atom is -0.497 e. The Hall–Kier alpha value is -2.49. The Kier molecular flexibility index (Phi) is 5.42. The first-order valence-electron chi connectivity index (χ1n) is 7.21. The summed E-state index contributed by atoms with van der Waals surface area (Å²) < 4.78 is 10.6. The number of hydrogen-bond acceptors (Lipinski definition) is 3. The summed E-state index contributed by atoms with van der Waals surface area (Å²) >= 11 is 0. The number of carbonyl (C=O) groups excluding carboxylic acids is 1. The zero-order valence-corrected chi connectivity index (χ0v) is 13.1. The van der Waals surface area contributed by atoms with E-state index < -0.39 is 0 Å². The highest BCUT2D eigenvalue weighted by Gasteiger charge is 2.16. The van der Waals surface area contributed by atoms with Gasteiger partial charge in [-0.25, -0.2) is 0 Å². The van der Waals surface area contributed by atoms with Crippen molar-refractivity contribution in [2.75, 3.05) is 19.5 Å². The van der Waals surface area contributed by atoms with E-state index in [1.54, 1.807) is 14.2 Å². The number of benzene rings is 2. The number of methoxy groups -OCH3 is 2. The van der Waals surface area contributed by atoms with Crippen LogP contribution in [0.15, 0.2) is 48.5 Å². The fourth-order valence-corrected chi connectivity index (χ4v) is 2.35. The second-order valence-corrected chi connectivity index (χ2v) is 5.13. The lowest BCUT2D eigenvalue weighted by molar-refractivity contribution is -0.116. The van der Waals surface area contributed by atoms with E-state index in [0.717, 1.165) is 22.7 Å². The molecule has 0 aliphatic rings. The molecule has 0 radical (unpaired) electrons. The molecule has 1 atom stereocenters. The fraction of sp³-hybridized carbons (Fsp3) is 0.278. The third-order valence-electron chi connectivity index (χ3n) is 3.52. The molecule has 0 aliphatic carbocycles. The van der Waals surface area contributed by atoms with Gasteiger partial charge in [0.2, 0.25) is 5.91 Å². The SMILES string of the molecule is COc1ccc(C(C)CC(=O)Nc2ccccc2)c(OC)c1. The molecular weight excluding hydrogens is 278 g/mol. The van der Waals surface area contributed by atoms with E-state index in [0.29, 0.717) is 6.42 Å². The van der Waals surface area contributed by atoms with Gasteiger partial charge in [-0.15, -0.1) is 0 Å². The highest BCUT2D eigenvalue weighted by atomic mass is 16.5. The molecule has 0 aliphatic heterocycles. The summed E-state index contributed by atoms with van der Waals surface area (Å²) in [6, 6.07) is 15.1. The van der Waals surface area contributed by atoms with Crippen LogP contribution in [0.25, 0.3) is 0 Å². The molecule has 0 saturated carbocycles. The normalized spacial score (nSPS) is 11.6. The number of nitrogens with one attached hydrogen (secondary N) is 1. The van der Waals surface area contributed by atoms with E-state index in [1.165, 1.54) is 0 Å². The van der Waals surface area contributed by atoms with Crippen LogP contribution in [0, 0.1) is 0 Å². The van der Waals surface area contributed by atoms with Crippen molar-refractivity contribution in [2.24, 2.45) is 0 Å². The van der Waals surface area contributed by atoms with Crippen molar-refractivity contribution in [1.29, 1.82) is 0 Å². The van der Waals surface area contributed by atoms with Gasteiger partial charge >= 0.3 is 0 Å². The lowest BCUT2D eigenvalue weighted by Gasteiger charge is -2.16. The van der Waals surface area contributed by atoms with Crippen LogP contribution in [0.5, 0.6) is 11.5 Å². The monoisotopic (exact) mass is 299 g/mol. The predicted octanol–water partition coefficient (Wildman–Crippen LogP) is 3.84. The molecule has 0 spiro atoms. The molecule has 22 heavy (non-hydrogen) atoms. The molecule has 116 valence electrons. The maximum atomic E-state index is 12.1. The number of ether oxygens (including phenoxy) is 2. The van der Waals surface area contributed by atoms with Gasteiger partial charge in [0.1, 0.15) is 11.5 Å². The van der Waals surface area contributed by atoms with Gasteiger partial charge in [0, 0.05) is 18.2 Å². The first-order chi connectivity index (χ1) is 10.6. The Bertz CT molecular complexity index is 625. The molecule has 0 aromatic heterocycles. The second-order valence-electron chi connectivity index (χ2n) is 5.13. The van der Waals surface area contributed by atoms with Crippen LogP contribution in [0.3, 0.4) is 0 Å². The van der Waals surface area contributed by atoms with Crippen LogP contribution >= 0.6 is 0 Å². The molecule has 0 heterocycles. The molecule has 0 saturated heterocycles. The molecule has 1 amide bonds. The van der Waals surface area contributed by atoms with Crippen molar-refractivity contribution < 1.29 is 14.3 Å². The number of amides is 1. The van der Waals surface area contributed by atoms with Crippen molar-refractivity contribution in [1.82, 2.24) is 0 Å². The lowest BCUT2D eigenvalue weighted by Crippen LogP contribution is -2.14. The van der Waals surface area contributed by atoms with Gasteiger partial charge in [0.05, 0.1) is 14.2 Å². The second kappa shape index (κ2) is 7.50. The first kappa shape index (κ1) is 15.9. The standard InChI is InChI=1S/C18H21NO3/c1-13(11-18(20)19-14-7-5-4-6-8-14)16-10-9-15(21-2)12-17(16)22-3/h4-10,12-13H,11H2,1-3H3,(H,19,20). The van der Waals surface area contributed by atoms with Gasteiger partial charge in [-0.1, -0.05) is 31.2 Å². The number of para-hydroxylation sites is 1. The van der Waals surface area contributed by atoms with Gasteiger partial charge in [-0.05, 0) is 29.7 Å². The number of rotatable bonds is 6. The van der Waals surface area contributed by atoms with E-state index in [1.807, 2.05) is 55.5 Å². The van der Waals surface area contributed by atoms with E-state index in [9.17, 15) is 4.79 Å². The van der Waals surface area contributed by atoms with Gasteiger partial charge < -0.3 is 14.8 Å². The third kappa shape index (κ3) is 4.01. The molecule has 1 N–H and O–H groups in total. The first-order valence-corrected chi connectivity index (χ1v) is 7.21. The fourth-order valence-electron chi connectivity index (χ4n) is 2.35. The van der Waals surface area contributed by atoms with Crippen LogP contribution in [0.2, 0.25) is 0 Å². The van der Waals surface area contributed by atoms with E-state index in [-0.39, 0.29) is 11.8 Å². The Balaban J connectivity index is 2.05. The maximum Gasteiger partial charge on any atom is 0.224 e. The predicted molar refractivity (Wildman–Crippen MR) is 87.6 cm³/mol. The van der Waals surface area contributed by atoms with Crippen molar-refractivity contribution >= 4 is 11.6 Å². The number of anilines is 1. The van der Waals surface area contributed by atoms with Gasteiger partial charge in [0.25, 0.3) is 0 Å². The maximum absolute atomic E-state index is 12.1. The van der Waals surface area contributed by atoms with Gasteiger partial charge in [0.15, 0.2) is 0 Å². The molecule has 2 rings (SSSR count). The van der Waals surface area contributed by atoms with Crippen LogP contribution in [-0.4, -0.2) is 20.1 Å². The molecule has 0 bridgehead atoms. The van der Waals surface area contributed by atoms with Crippen molar-refractivity contribution in [2.45, 2.75) is 19.3 Å². The lowest BCUT2D eigenvalue weighted by atomic mass is 9.96. The summed E-state index contributed by atoms with van der Waals surface area (Å²) in [5.41, 5.74) is 1.80. The molecule has 1 unspecified atom stereocenters. The van der Waals surface area contributed by atoms with Gasteiger partial charge in [-0.2, -0.15) is 0 Å². The summed E-state index contributed by atoms with van der Waals surface area (Å²) in [5.74, 6) is 1.50. The Morgan fingerprint density at radius 2 is 1.82 bits per heavy atom. The van der Waals surface area contributed by atoms with Crippen LogP contribution in [0.1, 0.15) is 24.8 Å². The third-order valence-corrected chi connectivity index (χ3v) is 3.52. The molecule has 4 heteroatoms. The van der Waals surface area contributed by atoms with Crippen LogP contribution in [-0.2, 0) is 4.79 Å². The summed E-state index contributed by atoms with van der Waals surface area (Å²) in [4.78, 5) is 12.1. The number of hydrogen-bond donors (Lipinski definition) is 1. The van der Waals surface area contributed by atoms with Crippen molar-refractivity contribution in [3.05, 3.63) is 54.1 Å². The zero-order valence-electron chi connectivity index (χ0n) is 13.1. The molecule has 2 aromatic rings. The Morgan fingerprint density at radius 1 is 1.09 bits per heavy atom. The van der Waals surface area contributed by atoms with Crippen molar-refractivity contribution in [3.8, 4) is 11.5 Å². The Morgan fingerprint density at radius 3 is 2.45 bits per heavy atom. The molecule has 4 nitrogen and oxygen atoms in total. The minimum absolute atomic E-state index is 0.0171. The highest BCUT2D eigenvalue weighted by Crippen LogP contribution is 2.32. The smallest absolute Gasteiger partial charge is 0.224 e. The summed E-state index contributed by atoms with van der Waals surface area (Å²) in [6.45, 7) is 2.01. The van der Waals surface area contributed by atoms with E-state index in [2.05, 4.69) is 5.32 Å². The van der Waals surface area contributed by atoms with Gasteiger partial charge in [-0.3, -0.25) is 4.79 Å². The van der Waals surface area contributed by atoms with Crippen LogP contribution < -0.4 is 14.8 Å². The topological polar surface area (TPSA) is 47.6 Å². The molecular formula is C18H21NO3. The molecule has 2 aromatic carbocycles. The average molecular weight is 299 g/mol. The summed E-state index contributed by atoms with van der Waals surface area (Å²) in [7, 11) is 3.24. The Labute approximate surface area is 131 Å². The van der Waals surface area contributed by atoms with E-state index in [4.69, 9.17) is 9.47 Å². The quantitative estimate of drug-likeness (QED) is 0.881. The van der Waals surface area contributed by atoms with Crippen molar-refractivity contribution in [3.63, 3.8) is 0 Å². The zero-order chi connectivity index (χ0) is 15.9. The minimum atomic E-state index is -0.0171. The van der Waals surface area contributed by atoms with E-state index >= 15 is 0 Å². The highest BCUT2D eigenvalue weighted by molar-refractivity contribution is 5.91.